The highest BCUT2D eigenvalue weighted by atomic mass is 19.1. The second-order valence-corrected chi connectivity index (χ2v) is 11.0. The normalized spacial score (nSPS) is 21.7. The molecule has 3 N–H and O–H groups in total. The molecule has 0 bridgehead atoms. The zero-order valence-electron chi connectivity index (χ0n) is 22.9. The number of nitrogens with zero attached hydrogens (tertiary/aromatic N) is 3. The van der Waals surface area contributed by atoms with Crippen LogP contribution in [0, 0.1) is 31.4 Å². The predicted molar refractivity (Wildman–Crippen MR) is 139 cm³/mol. The molecule has 2 aliphatic rings. The van der Waals surface area contributed by atoms with E-state index in [-0.39, 0.29) is 17.7 Å². The summed E-state index contributed by atoms with van der Waals surface area (Å²) < 4.78 is 28.9. The van der Waals surface area contributed by atoms with Crippen LogP contribution in [0.15, 0.2) is 18.2 Å². The lowest BCUT2D eigenvalue weighted by Gasteiger charge is -2.53. The molecule has 0 aliphatic carbocycles. The number of nitrogens with one attached hydrogen (secondary N) is 2. The number of halogens is 2. The van der Waals surface area contributed by atoms with Gasteiger partial charge in [0.25, 0.3) is 0 Å². The van der Waals surface area contributed by atoms with Crippen molar-refractivity contribution in [1.29, 1.82) is 0 Å². The molecule has 0 saturated carbocycles. The minimum Gasteiger partial charge on any atom is -0.390 e. The number of amides is 2. The van der Waals surface area contributed by atoms with E-state index in [1.807, 2.05) is 34.6 Å². The van der Waals surface area contributed by atoms with Gasteiger partial charge in [-0.3, -0.25) is 19.6 Å². The third-order valence-corrected chi connectivity index (χ3v) is 8.22. The van der Waals surface area contributed by atoms with E-state index >= 15 is 4.39 Å². The first-order valence-corrected chi connectivity index (χ1v) is 13.5. The molecule has 2 aromatic rings. The topological polar surface area (TPSA) is 102 Å². The molecule has 3 atom stereocenters. The van der Waals surface area contributed by atoms with Gasteiger partial charge in [-0.2, -0.15) is 5.10 Å². The average Bonchev–Trinajstić information content (AvgIpc) is 3.21. The number of unbranched alkanes of at least 4 members (excludes halogenated alkanes) is 1. The maximum Gasteiger partial charge on any atom is 0.248 e. The van der Waals surface area contributed by atoms with Gasteiger partial charge in [0.2, 0.25) is 11.8 Å². The number of aryl methyl sites for hydroxylation is 2. The third-order valence-electron chi connectivity index (χ3n) is 8.22. The molecule has 1 aromatic carbocycles. The fraction of sp³-hybridized carbons (Fsp3) is 0.607. The zero-order chi connectivity index (χ0) is 27.8. The molecule has 38 heavy (non-hydrogen) atoms. The summed E-state index contributed by atoms with van der Waals surface area (Å²) in [5.74, 6) is -1.99. The van der Waals surface area contributed by atoms with Crippen LogP contribution in [0.25, 0.3) is 0 Å². The summed E-state index contributed by atoms with van der Waals surface area (Å²) in [4.78, 5) is 31.0. The number of likely N-dealkylation sites (tertiary alicyclic amines) is 1. The second kappa shape index (κ2) is 11.1. The summed E-state index contributed by atoms with van der Waals surface area (Å²) in [5.41, 5.74) is 1.62. The van der Waals surface area contributed by atoms with Gasteiger partial charge < -0.3 is 15.3 Å². The molecule has 8 nitrogen and oxygen atoms in total. The summed E-state index contributed by atoms with van der Waals surface area (Å²) in [5, 5.41) is 20.8. The lowest BCUT2D eigenvalue weighted by Crippen LogP contribution is -2.75. The van der Waals surface area contributed by atoms with Gasteiger partial charge in [0, 0.05) is 42.5 Å². The van der Waals surface area contributed by atoms with E-state index in [0.717, 1.165) is 35.9 Å². The molecule has 3 heterocycles. The second-order valence-electron chi connectivity index (χ2n) is 11.0. The number of hydrogen-bond acceptors (Lipinski definition) is 5. The fourth-order valence-corrected chi connectivity index (χ4v) is 5.97. The van der Waals surface area contributed by atoms with Crippen molar-refractivity contribution < 1.29 is 23.5 Å². The number of carbonyl (C=O) groups excluding carboxylic acids is 2. The summed E-state index contributed by atoms with van der Waals surface area (Å²) in [6.45, 7) is 10.6. The van der Waals surface area contributed by atoms with Gasteiger partial charge in [0.15, 0.2) is 0 Å². The molecule has 1 spiro atoms. The number of carbonyl (C=O) groups is 2. The van der Waals surface area contributed by atoms with Crippen molar-refractivity contribution in [2.45, 2.75) is 84.0 Å². The maximum absolute atomic E-state index is 15.1. The van der Waals surface area contributed by atoms with E-state index in [0.29, 0.717) is 38.0 Å². The zero-order valence-corrected chi connectivity index (χ0v) is 22.9. The van der Waals surface area contributed by atoms with Crippen LogP contribution in [0.4, 0.5) is 8.78 Å². The molecular formula is C28H39F2N5O3. The Bertz CT molecular complexity index is 1160. The number of H-pyrrole nitrogens is 1. The largest absolute Gasteiger partial charge is 0.390 e. The molecule has 1 aromatic heterocycles. The van der Waals surface area contributed by atoms with Crippen LogP contribution in [-0.4, -0.2) is 74.2 Å². The van der Waals surface area contributed by atoms with Crippen LogP contribution in [0.1, 0.15) is 75.0 Å². The summed E-state index contributed by atoms with van der Waals surface area (Å²) >= 11 is 0. The number of hydrogen-bond donors (Lipinski definition) is 3. The number of aromatic amines is 1. The molecule has 208 valence electrons. The van der Waals surface area contributed by atoms with Crippen molar-refractivity contribution >= 4 is 11.8 Å². The van der Waals surface area contributed by atoms with Crippen LogP contribution in [0.5, 0.6) is 0 Å². The maximum atomic E-state index is 15.1. The van der Waals surface area contributed by atoms with Crippen molar-refractivity contribution in [3.63, 3.8) is 0 Å². The molecule has 1 unspecified atom stereocenters. The number of benzene rings is 1. The highest BCUT2D eigenvalue weighted by molar-refractivity contribution is 6.00. The molecule has 2 fully saturated rings. The van der Waals surface area contributed by atoms with Crippen molar-refractivity contribution in [3.8, 4) is 0 Å². The number of rotatable bonds is 8. The first-order valence-electron chi connectivity index (χ1n) is 13.5. The molecule has 10 heteroatoms. The van der Waals surface area contributed by atoms with Gasteiger partial charge in [-0.05, 0) is 45.1 Å². The minimum absolute atomic E-state index is 0.194. The van der Waals surface area contributed by atoms with Crippen LogP contribution in [0.2, 0.25) is 0 Å². The van der Waals surface area contributed by atoms with Gasteiger partial charge in [-0.1, -0.05) is 33.3 Å². The first-order chi connectivity index (χ1) is 18.0. The molecule has 0 radical (unpaired) electrons. The SMILES string of the molecule is CCCCN1C(=O)[C@@H]([C@H](O)C(C)C)NC(=O)C12CCN(C(c1ccc(F)cc1F)c1c(C)n[nH]c1C)CC2. The van der Waals surface area contributed by atoms with Crippen molar-refractivity contribution in [3.05, 3.63) is 52.3 Å². The van der Waals surface area contributed by atoms with Crippen molar-refractivity contribution in [1.82, 2.24) is 25.3 Å². The van der Waals surface area contributed by atoms with Crippen LogP contribution < -0.4 is 5.32 Å². The Balaban J connectivity index is 1.67. The fourth-order valence-electron chi connectivity index (χ4n) is 5.97. The van der Waals surface area contributed by atoms with E-state index in [1.54, 1.807) is 4.90 Å². The van der Waals surface area contributed by atoms with E-state index in [1.165, 1.54) is 12.1 Å². The summed E-state index contributed by atoms with van der Waals surface area (Å²) in [6, 6.07) is 2.10. The van der Waals surface area contributed by atoms with Crippen molar-refractivity contribution in [2.24, 2.45) is 5.92 Å². The van der Waals surface area contributed by atoms with E-state index < -0.39 is 35.4 Å². The molecular weight excluding hydrogens is 492 g/mol. The molecule has 2 saturated heterocycles. The Morgan fingerprint density at radius 3 is 2.42 bits per heavy atom. The molecule has 2 amide bonds. The van der Waals surface area contributed by atoms with Gasteiger partial charge in [0.05, 0.1) is 17.8 Å². The summed E-state index contributed by atoms with van der Waals surface area (Å²) in [7, 11) is 0. The van der Waals surface area contributed by atoms with Gasteiger partial charge in [-0.15, -0.1) is 0 Å². The minimum atomic E-state index is -1.04. The van der Waals surface area contributed by atoms with E-state index in [4.69, 9.17) is 0 Å². The number of aliphatic hydroxyl groups excluding tert-OH is 1. The Morgan fingerprint density at radius 1 is 1.18 bits per heavy atom. The first kappa shape index (κ1) is 28.2. The Hall–Kier alpha value is -2.85. The average molecular weight is 532 g/mol. The highest BCUT2D eigenvalue weighted by Crippen LogP contribution is 2.40. The van der Waals surface area contributed by atoms with Crippen LogP contribution in [-0.2, 0) is 9.59 Å². The lowest BCUT2D eigenvalue weighted by atomic mass is 9.79. The van der Waals surface area contributed by atoms with Crippen molar-refractivity contribution in [2.75, 3.05) is 19.6 Å². The standard InChI is InChI=1S/C28H39F2N5O3/c1-6-7-12-35-26(37)23(25(36)16(2)3)31-27(38)28(35)10-13-34(14-11-28)24(22-17(4)32-33-18(22)5)20-9-8-19(29)15-21(20)30/h8-9,15-16,23-25,36H,6-7,10-14H2,1-5H3,(H,31,38)(H,32,33)/t23-,24?,25-/m1/s1. The highest BCUT2D eigenvalue weighted by Gasteiger charge is 2.55. The van der Waals surface area contributed by atoms with Gasteiger partial charge >= 0.3 is 0 Å². The molecule has 4 rings (SSSR count). The monoisotopic (exact) mass is 531 g/mol. The van der Waals surface area contributed by atoms with Gasteiger partial charge in [-0.25, -0.2) is 8.78 Å². The quantitative estimate of drug-likeness (QED) is 0.485. The Kier molecular flexibility index (Phi) is 8.23. The third kappa shape index (κ3) is 4.96. The number of piperidine rings is 1. The summed E-state index contributed by atoms with van der Waals surface area (Å²) in [6.07, 6.45) is 1.33. The smallest absolute Gasteiger partial charge is 0.248 e. The molecule has 2 aliphatic heterocycles. The van der Waals surface area contributed by atoms with E-state index in [2.05, 4.69) is 20.4 Å². The van der Waals surface area contributed by atoms with Crippen LogP contribution in [0.3, 0.4) is 0 Å². The van der Waals surface area contributed by atoms with E-state index in [9.17, 15) is 19.1 Å². The lowest BCUT2D eigenvalue weighted by molar-refractivity contribution is -0.165. The predicted octanol–water partition coefficient (Wildman–Crippen LogP) is 3.37. The number of aromatic nitrogens is 2. The van der Waals surface area contributed by atoms with Crippen LogP contribution >= 0.6 is 0 Å². The Morgan fingerprint density at radius 2 is 1.87 bits per heavy atom. The Labute approximate surface area is 222 Å². The number of piperazine rings is 1. The number of aliphatic hydroxyl groups is 1. The van der Waals surface area contributed by atoms with Gasteiger partial charge in [0.1, 0.15) is 23.2 Å².